The summed E-state index contributed by atoms with van der Waals surface area (Å²) in [5, 5.41) is 10.6. The van der Waals surface area contributed by atoms with Crippen molar-refractivity contribution < 1.29 is 5.11 Å². The van der Waals surface area contributed by atoms with Crippen LogP contribution >= 0.6 is 15.9 Å². The number of aliphatic hydroxyl groups is 1. The second-order valence-electron chi connectivity index (χ2n) is 5.26. The Morgan fingerprint density at radius 2 is 1.89 bits per heavy atom. The van der Waals surface area contributed by atoms with E-state index in [0.29, 0.717) is 0 Å². The molecule has 0 bridgehead atoms. The SMILES string of the molecule is Cc1cccc(C(O)c2ccc3c(c2)CCC3)c1Br. The fourth-order valence-electron chi connectivity index (χ4n) is 2.82. The Balaban J connectivity index is 2.00. The quantitative estimate of drug-likeness (QED) is 0.874. The normalized spacial score (nSPS) is 15.3. The first-order valence-electron chi connectivity index (χ1n) is 6.71. The van der Waals surface area contributed by atoms with Crippen molar-refractivity contribution in [3.05, 3.63) is 68.7 Å². The number of hydrogen-bond acceptors (Lipinski definition) is 1. The Bertz CT molecular complexity index is 619. The number of hydrogen-bond donors (Lipinski definition) is 1. The first kappa shape index (κ1) is 12.9. The van der Waals surface area contributed by atoms with E-state index in [2.05, 4.69) is 34.1 Å². The van der Waals surface area contributed by atoms with Crippen LogP contribution in [0.3, 0.4) is 0 Å². The molecule has 0 spiro atoms. The number of aliphatic hydroxyl groups excluding tert-OH is 1. The van der Waals surface area contributed by atoms with Crippen LogP contribution in [0.15, 0.2) is 40.9 Å². The molecule has 0 amide bonds. The molecule has 1 aliphatic carbocycles. The lowest BCUT2D eigenvalue weighted by atomic mass is 9.97. The molecule has 2 heteroatoms. The van der Waals surface area contributed by atoms with Crippen molar-refractivity contribution in [2.24, 2.45) is 0 Å². The zero-order valence-electron chi connectivity index (χ0n) is 11.0. The summed E-state index contributed by atoms with van der Waals surface area (Å²) >= 11 is 3.58. The summed E-state index contributed by atoms with van der Waals surface area (Å²) in [6.07, 6.45) is 3.01. The largest absolute Gasteiger partial charge is 0.384 e. The fraction of sp³-hybridized carbons (Fsp3) is 0.294. The monoisotopic (exact) mass is 316 g/mol. The van der Waals surface area contributed by atoms with Crippen molar-refractivity contribution in [1.29, 1.82) is 0 Å². The predicted octanol–water partition coefficient (Wildman–Crippen LogP) is 4.33. The molecule has 0 fully saturated rings. The van der Waals surface area contributed by atoms with Gasteiger partial charge in [0.2, 0.25) is 0 Å². The van der Waals surface area contributed by atoms with Crippen LogP contribution in [0, 0.1) is 6.92 Å². The molecule has 19 heavy (non-hydrogen) atoms. The van der Waals surface area contributed by atoms with Crippen LogP contribution in [0.1, 0.15) is 40.3 Å². The first-order valence-corrected chi connectivity index (χ1v) is 7.51. The van der Waals surface area contributed by atoms with Crippen molar-refractivity contribution in [2.75, 3.05) is 0 Å². The van der Waals surface area contributed by atoms with Gasteiger partial charge < -0.3 is 5.11 Å². The maximum absolute atomic E-state index is 10.6. The highest BCUT2D eigenvalue weighted by atomic mass is 79.9. The highest BCUT2D eigenvalue weighted by Crippen LogP contribution is 2.33. The number of fused-ring (bicyclic) bond motifs is 1. The Morgan fingerprint density at radius 3 is 2.74 bits per heavy atom. The molecule has 0 radical (unpaired) electrons. The van der Waals surface area contributed by atoms with Crippen LogP contribution in [0.2, 0.25) is 0 Å². The number of rotatable bonds is 2. The number of halogens is 1. The topological polar surface area (TPSA) is 20.2 Å². The molecule has 0 saturated carbocycles. The third-order valence-corrected chi connectivity index (χ3v) is 5.04. The van der Waals surface area contributed by atoms with Gasteiger partial charge in [0.15, 0.2) is 0 Å². The molecule has 2 aromatic rings. The molecule has 1 unspecified atom stereocenters. The maximum Gasteiger partial charge on any atom is 0.105 e. The molecule has 0 aromatic heterocycles. The van der Waals surface area contributed by atoms with Gasteiger partial charge in [0, 0.05) is 4.47 Å². The van der Waals surface area contributed by atoms with Crippen molar-refractivity contribution in [3.63, 3.8) is 0 Å². The summed E-state index contributed by atoms with van der Waals surface area (Å²) in [5.41, 5.74) is 5.93. The molecular weight excluding hydrogens is 300 g/mol. The van der Waals surface area contributed by atoms with Gasteiger partial charge in [0.25, 0.3) is 0 Å². The van der Waals surface area contributed by atoms with Crippen molar-refractivity contribution in [2.45, 2.75) is 32.3 Å². The molecule has 3 rings (SSSR count). The summed E-state index contributed by atoms with van der Waals surface area (Å²) in [6.45, 7) is 2.04. The smallest absolute Gasteiger partial charge is 0.105 e. The van der Waals surface area contributed by atoms with E-state index in [1.54, 1.807) is 0 Å². The van der Waals surface area contributed by atoms with E-state index in [9.17, 15) is 5.11 Å². The fourth-order valence-corrected chi connectivity index (χ4v) is 3.30. The second-order valence-corrected chi connectivity index (χ2v) is 6.06. The molecule has 2 aromatic carbocycles. The minimum atomic E-state index is -0.555. The minimum Gasteiger partial charge on any atom is -0.384 e. The van der Waals surface area contributed by atoms with E-state index in [0.717, 1.165) is 27.6 Å². The number of benzene rings is 2. The summed E-state index contributed by atoms with van der Waals surface area (Å²) in [5.74, 6) is 0. The maximum atomic E-state index is 10.6. The molecular formula is C17H17BrO. The standard InChI is InChI=1S/C17H17BrO/c1-11-4-2-7-15(16(11)18)17(19)14-9-8-12-5-3-6-13(12)10-14/h2,4,7-10,17,19H,3,5-6H2,1H3. The third-order valence-electron chi connectivity index (χ3n) is 3.95. The Hall–Kier alpha value is -1.12. The van der Waals surface area contributed by atoms with E-state index >= 15 is 0 Å². The third kappa shape index (κ3) is 2.35. The van der Waals surface area contributed by atoms with Gasteiger partial charge in [-0.15, -0.1) is 0 Å². The first-order chi connectivity index (χ1) is 9.16. The van der Waals surface area contributed by atoms with E-state index < -0.39 is 6.10 Å². The molecule has 0 aliphatic heterocycles. The van der Waals surface area contributed by atoms with Crippen LogP contribution in [0.25, 0.3) is 0 Å². The van der Waals surface area contributed by atoms with Gasteiger partial charge in [0.05, 0.1) is 0 Å². The van der Waals surface area contributed by atoms with E-state index in [4.69, 9.17) is 0 Å². The van der Waals surface area contributed by atoms with Crippen LogP contribution < -0.4 is 0 Å². The molecule has 0 saturated heterocycles. The lowest BCUT2D eigenvalue weighted by Gasteiger charge is -2.16. The summed E-state index contributed by atoms with van der Waals surface area (Å²) < 4.78 is 1.00. The molecule has 1 N–H and O–H groups in total. The van der Waals surface area contributed by atoms with Gasteiger partial charge in [-0.25, -0.2) is 0 Å². The molecule has 1 nitrogen and oxygen atoms in total. The lowest BCUT2D eigenvalue weighted by Crippen LogP contribution is -2.02. The zero-order valence-corrected chi connectivity index (χ0v) is 12.6. The second kappa shape index (κ2) is 5.10. The Kier molecular flexibility index (Phi) is 3.46. The summed E-state index contributed by atoms with van der Waals surface area (Å²) in [6, 6.07) is 12.4. The molecule has 0 heterocycles. The average Bonchev–Trinajstić information content (AvgIpc) is 2.88. The van der Waals surface area contributed by atoms with Crippen LogP contribution in [0.5, 0.6) is 0 Å². The van der Waals surface area contributed by atoms with Crippen molar-refractivity contribution >= 4 is 15.9 Å². The number of aryl methyl sites for hydroxylation is 3. The molecule has 98 valence electrons. The van der Waals surface area contributed by atoms with Crippen molar-refractivity contribution in [3.8, 4) is 0 Å². The predicted molar refractivity (Wildman–Crippen MR) is 81.4 cm³/mol. The Labute approximate surface area is 122 Å². The average molecular weight is 317 g/mol. The van der Waals surface area contributed by atoms with Crippen LogP contribution in [0.4, 0.5) is 0 Å². The van der Waals surface area contributed by atoms with Gasteiger partial charge in [-0.1, -0.05) is 52.3 Å². The van der Waals surface area contributed by atoms with E-state index in [1.807, 2.05) is 25.1 Å². The van der Waals surface area contributed by atoms with Gasteiger partial charge in [0.1, 0.15) is 6.10 Å². The van der Waals surface area contributed by atoms with Gasteiger partial charge in [-0.2, -0.15) is 0 Å². The van der Waals surface area contributed by atoms with Gasteiger partial charge in [-0.3, -0.25) is 0 Å². The zero-order chi connectivity index (χ0) is 13.4. The molecule has 1 atom stereocenters. The summed E-state index contributed by atoms with van der Waals surface area (Å²) in [4.78, 5) is 0. The summed E-state index contributed by atoms with van der Waals surface area (Å²) in [7, 11) is 0. The highest BCUT2D eigenvalue weighted by Gasteiger charge is 2.17. The van der Waals surface area contributed by atoms with Crippen LogP contribution in [-0.2, 0) is 12.8 Å². The van der Waals surface area contributed by atoms with E-state index in [1.165, 1.54) is 24.0 Å². The minimum absolute atomic E-state index is 0.555. The van der Waals surface area contributed by atoms with Gasteiger partial charge >= 0.3 is 0 Å². The van der Waals surface area contributed by atoms with Crippen LogP contribution in [-0.4, -0.2) is 5.11 Å². The van der Waals surface area contributed by atoms with Gasteiger partial charge in [-0.05, 0) is 54.0 Å². The van der Waals surface area contributed by atoms with Crippen molar-refractivity contribution in [1.82, 2.24) is 0 Å². The Morgan fingerprint density at radius 1 is 1.11 bits per heavy atom. The van der Waals surface area contributed by atoms with E-state index in [-0.39, 0.29) is 0 Å². The highest BCUT2D eigenvalue weighted by molar-refractivity contribution is 9.10. The lowest BCUT2D eigenvalue weighted by molar-refractivity contribution is 0.219. The molecule has 1 aliphatic rings.